The summed E-state index contributed by atoms with van der Waals surface area (Å²) in [6, 6.07) is 11.0. The Balaban J connectivity index is 2.63. The van der Waals surface area contributed by atoms with Crippen molar-refractivity contribution >= 4 is 0 Å². The van der Waals surface area contributed by atoms with Crippen LogP contribution >= 0.6 is 0 Å². The van der Waals surface area contributed by atoms with Crippen LogP contribution in [-0.4, -0.2) is 0 Å². The third-order valence-corrected chi connectivity index (χ3v) is 3.71. The molecule has 0 unspecified atom stereocenters. The van der Waals surface area contributed by atoms with Gasteiger partial charge in [-0.15, -0.1) is 0 Å². The molecular formula is C18H24N+. The molecule has 1 heteroatoms. The quantitative estimate of drug-likeness (QED) is 0.675. The lowest BCUT2D eigenvalue weighted by molar-refractivity contribution is -0.660. The summed E-state index contributed by atoms with van der Waals surface area (Å²) in [6.07, 6.45) is 2.10. The average molecular weight is 254 g/mol. The highest BCUT2D eigenvalue weighted by molar-refractivity contribution is 5.63. The summed E-state index contributed by atoms with van der Waals surface area (Å²) in [5.41, 5.74) is 6.95. The van der Waals surface area contributed by atoms with E-state index in [1.807, 2.05) is 0 Å². The van der Waals surface area contributed by atoms with Crippen LogP contribution in [0.25, 0.3) is 11.3 Å². The Kier molecular flexibility index (Phi) is 3.49. The number of rotatable bonds is 1. The van der Waals surface area contributed by atoms with Crippen molar-refractivity contribution in [2.45, 2.75) is 40.0 Å². The number of aryl methyl sites for hydroxylation is 3. The van der Waals surface area contributed by atoms with Gasteiger partial charge in [0.25, 0.3) is 0 Å². The fraction of sp³-hybridized carbons (Fsp3) is 0.389. The highest BCUT2D eigenvalue weighted by Crippen LogP contribution is 2.31. The first-order valence-corrected chi connectivity index (χ1v) is 6.87. The summed E-state index contributed by atoms with van der Waals surface area (Å²) in [4.78, 5) is 0. The molecule has 0 aliphatic heterocycles. The van der Waals surface area contributed by atoms with Gasteiger partial charge in [-0.2, -0.15) is 0 Å². The van der Waals surface area contributed by atoms with Crippen LogP contribution in [-0.2, 0) is 12.5 Å². The molecule has 0 aliphatic rings. The number of benzene rings is 1. The van der Waals surface area contributed by atoms with E-state index < -0.39 is 0 Å². The summed E-state index contributed by atoms with van der Waals surface area (Å²) in [5.74, 6) is 0. The standard InChI is InChI=1S/C18H24N/c1-13-12-16(18(3,4)5)14(2)11-15(13)17-9-7-8-10-19(17)6/h7-12H,1-6H3/q+1. The van der Waals surface area contributed by atoms with Gasteiger partial charge in [0.05, 0.1) is 0 Å². The van der Waals surface area contributed by atoms with Gasteiger partial charge < -0.3 is 0 Å². The lowest BCUT2D eigenvalue weighted by Crippen LogP contribution is -2.30. The maximum absolute atomic E-state index is 2.34. The average Bonchev–Trinajstić information content (AvgIpc) is 2.31. The van der Waals surface area contributed by atoms with Crippen LogP contribution in [0, 0.1) is 13.8 Å². The zero-order valence-electron chi connectivity index (χ0n) is 12.9. The number of hydrogen-bond donors (Lipinski definition) is 0. The second-order valence-corrected chi connectivity index (χ2v) is 6.43. The van der Waals surface area contributed by atoms with Crippen molar-refractivity contribution in [2.24, 2.45) is 7.05 Å². The summed E-state index contributed by atoms with van der Waals surface area (Å²) in [6.45, 7) is 11.2. The van der Waals surface area contributed by atoms with E-state index in [1.54, 1.807) is 0 Å². The van der Waals surface area contributed by atoms with Gasteiger partial charge in [0.15, 0.2) is 6.20 Å². The molecule has 1 nitrogen and oxygen atoms in total. The lowest BCUT2D eigenvalue weighted by atomic mass is 9.82. The van der Waals surface area contributed by atoms with Crippen LogP contribution < -0.4 is 4.57 Å². The van der Waals surface area contributed by atoms with E-state index in [-0.39, 0.29) is 5.41 Å². The Labute approximate surface area is 116 Å². The molecule has 19 heavy (non-hydrogen) atoms. The van der Waals surface area contributed by atoms with Gasteiger partial charge in [-0.05, 0) is 48.1 Å². The van der Waals surface area contributed by atoms with Gasteiger partial charge in [-0.1, -0.05) is 26.8 Å². The van der Waals surface area contributed by atoms with Crippen LogP contribution in [0.5, 0.6) is 0 Å². The first-order valence-electron chi connectivity index (χ1n) is 6.87. The van der Waals surface area contributed by atoms with E-state index in [2.05, 4.69) is 82.8 Å². The van der Waals surface area contributed by atoms with Crippen molar-refractivity contribution in [1.82, 2.24) is 0 Å². The predicted octanol–water partition coefficient (Wildman–Crippen LogP) is 4.09. The van der Waals surface area contributed by atoms with Crippen molar-refractivity contribution in [3.05, 3.63) is 53.2 Å². The molecule has 1 aromatic heterocycles. The Morgan fingerprint density at radius 1 is 0.947 bits per heavy atom. The molecule has 0 atom stereocenters. The molecular weight excluding hydrogens is 230 g/mol. The molecule has 0 spiro atoms. The van der Waals surface area contributed by atoms with Crippen molar-refractivity contribution < 1.29 is 4.57 Å². The van der Waals surface area contributed by atoms with E-state index in [0.717, 1.165) is 0 Å². The molecule has 0 aliphatic carbocycles. The molecule has 0 fully saturated rings. The largest absolute Gasteiger partial charge is 0.212 e. The maximum Gasteiger partial charge on any atom is 0.212 e. The van der Waals surface area contributed by atoms with Crippen molar-refractivity contribution in [2.75, 3.05) is 0 Å². The molecule has 100 valence electrons. The van der Waals surface area contributed by atoms with E-state index in [1.165, 1.54) is 27.9 Å². The van der Waals surface area contributed by atoms with Crippen molar-refractivity contribution in [1.29, 1.82) is 0 Å². The van der Waals surface area contributed by atoms with Gasteiger partial charge >= 0.3 is 0 Å². The number of aromatic nitrogens is 1. The number of hydrogen-bond acceptors (Lipinski definition) is 0. The van der Waals surface area contributed by atoms with E-state index in [0.29, 0.717) is 0 Å². The van der Waals surface area contributed by atoms with E-state index in [9.17, 15) is 0 Å². The minimum Gasteiger partial charge on any atom is -0.201 e. The number of nitrogens with zero attached hydrogens (tertiary/aromatic N) is 1. The summed E-state index contributed by atoms with van der Waals surface area (Å²) in [5, 5.41) is 0. The second-order valence-electron chi connectivity index (χ2n) is 6.43. The highest BCUT2D eigenvalue weighted by Gasteiger charge is 2.20. The first kappa shape index (κ1) is 13.8. The molecule has 2 aromatic rings. The first-order chi connectivity index (χ1) is 8.80. The van der Waals surface area contributed by atoms with Crippen LogP contribution in [0.4, 0.5) is 0 Å². The zero-order chi connectivity index (χ0) is 14.2. The normalized spacial score (nSPS) is 11.7. The zero-order valence-corrected chi connectivity index (χ0v) is 12.9. The third-order valence-electron chi connectivity index (χ3n) is 3.71. The van der Waals surface area contributed by atoms with Crippen molar-refractivity contribution in [3.8, 4) is 11.3 Å². The summed E-state index contributed by atoms with van der Waals surface area (Å²) < 4.78 is 2.18. The lowest BCUT2D eigenvalue weighted by Gasteiger charge is -2.23. The molecule has 2 rings (SSSR count). The van der Waals surface area contributed by atoms with Crippen LogP contribution in [0.3, 0.4) is 0 Å². The maximum atomic E-state index is 2.34. The van der Waals surface area contributed by atoms with Crippen LogP contribution in [0.2, 0.25) is 0 Å². The number of pyridine rings is 1. The monoisotopic (exact) mass is 254 g/mol. The van der Waals surface area contributed by atoms with Gasteiger partial charge in [-0.25, -0.2) is 4.57 Å². The SMILES string of the molecule is Cc1cc(C(C)(C)C)c(C)cc1-c1cccc[n+]1C. The van der Waals surface area contributed by atoms with Gasteiger partial charge in [0, 0.05) is 17.7 Å². The van der Waals surface area contributed by atoms with Crippen molar-refractivity contribution in [3.63, 3.8) is 0 Å². The smallest absolute Gasteiger partial charge is 0.201 e. The molecule has 0 radical (unpaired) electrons. The van der Waals surface area contributed by atoms with Crippen LogP contribution in [0.15, 0.2) is 36.5 Å². The second kappa shape index (κ2) is 4.80. The van der Waals surface area contributed by atoms with Gasteiger partial charge in [0.2, 0.25) is 5.69 Å². The van der Waals surface area contributed by atoms with E-state index >= 15 is 0 Å². The predicted molar refractivity (Wildman–Crippen MR) is 81.2 cm³/mol. The fourth-order valence-electron chi connectivity index (χ4n) is 2.70. The molecule has 1 aromatic carbocycles. The fourth-order valence-corrected chi connectivity index (χ4v) is 2.70. The highest BCUT2D eigenvalue weighted by atomic mass is 14.9. The summed E-state index contributed by atoms with van der Waals surface area (Å²) in [7, 11) is 2.10. The Bertz CT molecular complexity index is 604. The van der Waals surface area contributed by atoms with Gasteiger partial charge in [0.1, 0.15) is 7.05 Å². The molecule has 0 bridgehead atoms. The Morgan fingerprint density at radius 3 is 2.21 bits per heavy atom. The minimum atomic E-state index is 0.201. The molecule has 0 N–H and O–H groups in total. The van der Waals surface area contributed by atoms with Gasteiger partial charge in [-0.3, -0.25) is 0 Å². The third kappa shape index (κ3) is 2.70. The molecule has 0 amide bonds. The van der Waals surface area contributed by atoms with E-state index in [4.69, 9.17) is 0 Å². The summed E-state index contributed by atoms with van der Waals surface area (Å²) >= 11 is 0. The Morgan fingerprint density at radius 2 is 1.63 bits per heavy atom. The molecule has 1 heterocycles. The molecule has 0 saturated carbocycles. The van der Waals surface area contributed by atoms with Crippen LogP contribution in [0.1, 0.15) is 37.5 Å². The topological polar surface area (TPSA) is 3.88 Å². The minimum absolute atomic E-state index is 0.201. The Hall–Kier alpha value is -1.63. The molecule has 0 saturated heterocycles.